The van der Waals surface area contributed by atoms with E-state index in [9.17, 15) is 9.59 Å². The predicted octanol–water partition coefficient (Wildman–Crippen LogP) is 0.516. The molecule has 15 heavy (non-hydrogen) atoms. The van der Waals surface area contributed by atoms with Gasteiger partial charge in [0.15, 0.2) is 0 Å². The number of aliphatic carboxylic acids is 1. The zero-order valence-electron chi connectivity index (χ0n) is 8.17. The van der Waals surface area contributed by atoms with Gasteiger partial charge in [-0.15, -0.1) is 11.8 Å². The Hall–Kier alpha value is -0.400. The maximum Gasteiger partial charge on any atom is 0.323 e. The summed E-state index contributed by atoms with van der Waals surface area (Å²) in [7, 11) is 0. The molecule has 1 rings (SSSR count). The van der Waals surface area contributed by atoms with Gasteiger partial charge in [0, 0.05) is 18.7 Å². The number of carboxylic acids is 1. The smallest absolute Gasteiger partial charge is 0.323 e. The van der Waals surface area contributed by atoms with Crippen molar-refractivity contribution in [3.63, 3.8) is 0 Å². The molecule has 1 aliphatic heterocycles. The van der Waals surface area contributed by atoms with Gasteiger partial charge in [0.1, 0.15) is 6.04 Å². The van der Waals surface area contributed by atoms with Crippen LogP contribution in [0.5, 0.6) is 0 Å². The van der Waals surface area contributed by atoms with Crippen LogP contribution < -0.4 is 5.32 Å². The fourth-order valence-corrected chi connectivity index (χ4v) is 3.01. The van der Waals surface area contributed by atoms with Gasteiger partial charge in [0.25, 0.3) is 0 Å². The van der Waals surface area contributed by atoms with Gasteiger partial charge in [0.2, 0.25) is 0 Å². The minimum Gasteiger partial charge on any atom is -0.480 e. The Balaban J connectivity index is 2.57. The Labute approximate surface area is 97.6 Å². The average molecular weight is 251 g/mol. The van der Waals surface area contributed by atoms with Crippen LogP contribution in [0.15, 0.2) is 0 Å². The number of rotatable bonds is 4. The molecular weight excluding hydrogens is 238 g/mol. The lowest BCUT2D eigenvalue weighted by atomic mass is 10.1. The van der Waals surface area contributed by atoms with Crippen molar-refractivity contribution >= 4 is 36.6 Å². The average Bonchev–Trinajstić information content (AvgIpc) is 2.68. The number of carbonyl (C=O) groups is 2. The van der Waals surface area contributed by atoms with Crippen molar-refractivity contribution in [3.05, 3.63) is 0 Å². The first-order chi connectivity index (χ1) is 7.10. The van der Waals surface area contributed by atoms with Gasteiger partial charge in [-0.1, -0.05) is 6.92 Å². The molecule has 1 fully saturated rings. The van der Waals surface area contributed by atoms with E-state index >= 15 is 0 Å². The first kappa shape index (κ1) is 12.7. The lowest BCUT2D eigenvalue weighted by molar-refractivity contribution is -0.140. The Bertz CT molecular complexity index is 261. The van der Waals surface area contributed by atoms with Crippen LogP contribution in [0.2, 0.25) is 0 Å². The summed E-state index contributed by atoms with van der Waals surface area (Å²) in [6.07, 6.45) is 0.594. The largest absolute Gasteiger partial charge is 0.480 e. The molecule has 3 unspecified atom stereocenters. The van der Waals surface area contributed by atoms with Gasteiger partial charge in [-0.25, -0.2) is 0 Å². The van der Waals surface area contributed by atoms with Crippen molar-refractivity contribution in [2.24, 2.45) is 5.92 Å². The van der Waals surface area contributed by atoms with Gasteiger partial charge in [-0.2, -0.15) is 0 Å². The highest BCUT2D eigenvalue weighted by atomic mass is 32.2. The summed E-state index contributed by atoms with van der Waals surface area (Å²) in [6, 6.07) is -0.582. The molecule has 1 heterocycles. The van der Waals surface area contributed by atoms with Crippen molar-refractivity contribution in [3.8, 4) is 0 Å². The van der Waals surface area contributed by atoms with E-state index in [4.69, 9.17) is 5.11 Å². The molecule has 2 N–H and O–H groups in total. The van der Waals surface area contributed by atoms with Gasteiger partial charge in [-0.05, 0) is 6.42 Å². The molecule has 5 nitrogen and oxygen atoms in total. The lowest BCUT2D eigenvalue weighted by Gasteiger charge is -2.18. The van der Waals surface area contributed by atoms with Crippen LogP contribution in [0.1, 0.15) is 13.3 Å². The first-order valence-corrected chi connectivity index (χ1v) is 5.97. The molecular formula is C8H13NO4S2. The van der Waals surface area contributed by atoms with Crippen molar-refractivity contribution in [1.82, 2.24) is 5.32 Å². The normalized spacial score (nSPS) is 27.3. The number of thiol groups is 1. The van der Waals surface area contributed by atoms with Crippen molar-refractivity contribution in [1.29, 1.82) is 0 Å². The summed E-state index contributed by atoms with van der Waals surface area (Å²) in [6.45, 7) is 1.85. The Morgan fingerprint density at radius 1 is 1.73 bits per heavy atom. The number of carbonyl (C=O) groups excluding carboxylic acids is 1. The number of carboxylic acid groups (broad SMARTS) is 1. The Kier molecular flexibility index (Phi) is 4.75. The van der Waals surface area contributed by atoms with Crippen LogP contribution >= 0.6 is 24.7 Å². The Morgan fingerprint density at radius 2 is 2.40 bits per heavy atom. The highest BCUT2D eigenvalue weighted by molar-refractivity contribution is 8.00. The summed E-state index contributed by atoms with van der Waals surface area (Å²) in [5.74, 6) is -1.19. The van der Waals surface area contributed by atoms with Crippen LogP contribution in [0.4, 0.5) is 0 Å². The van der Waals surface area contributed by atoms with Gasteiger partial charge in [0.05, 0.1) is 11.3 Å². The molecule has 0 aromatic rings. The van der Waals surface area contributed by atoms with Crippen LogP contribution in [0.25, 0.3) is 0 Å². The molecule has 0 amide bonds. The Morgan fingerprint density at radius 3 is 2.80 bits per heavy atom. The lowest BCUT2D eigenvalue weighted by Crippen LogP contribution is -2.41. The van der Waals surface area contributed by atoms with E-state index in [-0.39, 0.29) is 11.3 Å². The quantitative estimate of drug-likeness (QED) is 0.499. The third-order valence-electron chi connectivity index (χ3n) is 2.30. The second-order valence-corrected chi connectivity index (χ2v) is 4.59. The molecule has 3 atom stereocenters. The second kappa shape index (κ2) is 5.62. The molecule has 86 valence electrons. The fraction of sp³-hybridized carbons (Fsp3) is 0.750. The maximum atomic E-state index is 11.3. The minimum absolute atomic E-state index is 0.198. The van der Waals surface area contributed by atoms with Crippen molar-refractivity contribution in [2.75, 3.05) is 5.75 Å². The molecule has 0 aliphatic carbocycles. The van der Waals surface area contributed by atoms with E-state index in [2.05, 4.69) is 22.4 Å². The number of hydrogen-bond acceptors (Lipinski definition) is 6. The van der Waals surface area contributed by atoms with Gasteiger partial charge in [-0.3, -0.25) is 14.9 Å². The molecule has 0 saturated carbocycles. The topological polar surface area (TPSA) is 75.6 Å². The van der Waals surface area contributed by atoms with Gasteiger partial charge < -0.3 is 9.29 Å². The SMILES string of the molecule is CCC(C(=O)OS)C1NC(C(=O)O)CS1. The van der Waals surface area contributed by atoms with E-state index in [0.29, 0.717) is 12.2 Å². The monoisotopic (exact) mass is 251 g/mol. The highest BCUT2D eigenvalue weighted by Gasteiger charge is 2.37. The third kappa shape index (κ3) is 3.02. The van der Waals surface area contributed by atoms with E-state index < -0.39 is 18.0 Å². The van der Waals surface area contributed by atoms with E-state index in [0.717, 1.165) is 0 Å². The van der Waals surface area contributed by atoms with Gasteiger partial charge >= 0.3 is 11.9 Å². The second-order valence-electron chi connectivity index (χ2n) is 3.24. The molecule has 0 bridgehead atoms. The van der Waals surface area contributed by atoms with Crippen LogP contribution in [0.3, 0.4) is 0 Å². The summed E-state index contributed by atoms with van der Waals surface area (Å²) in [5, 5.41) is 11.5. The zero-order chi connectivity index (χ0) is 11.4. The maximum absolute atomic E-state index is 11.3. The molecule has 7 heteroatoms. The van der Waals surface area contributed by atoms with Crippen molar-refractivity contribution in [2.45, 2.75) is 24.8 Å². The third-order valence-corrected chi connectivity index (χ3v) is 3.83. The molecule has 0 aromatic heterocycles. The van der Waals surface area contributed by atoms with Crippen molar-refractivity contribution < 1.29 is 18.9 Å². The molecule has 1 saturated heterocycles. The van der Waals surface area contributed by atoms with Crippen LogP contribution in [-0.2, 0) is 13.8 Å². The molecule has 1 aliphatic rings. The molecule has 0 aromatic carbocycles. The molecule has 0 radical (unpaired) electrons. The molecule has 0 spiro atoms. The summed E-state index contributed by atoms with van der Waals surface area (Å²) in [5.41, 5.74) is 0. The highest BCUT2D eigenvalue weighted by Crippen LogP contribution is 2.28. The summed E-state index contributed by atoms with van der Waals surface area (Å²) < 4.78 is 4.37. The predicted molar refractivity (Wildman–Crippen MR) is 59.7 cm³/mol. The number of nitrogens with one attached hydrogen (secondary N) is 1. The number of thioether (sulfide) groups is 1. The zero-order valence-corrected chi connectivity index (χ0v) is 9.88. The fourth-order valence-electron chi connectivity index (χ4n) is 1.44. The standard InChI is InChI=1S/C8H13NO4S2/c1-2-4(8(12)13-14)6-9-5(3-15-6)7(10)11/h4-6,9,14H,2-3H2,1H3,(H,10,11). The number of hydrogen-bond donors (Lipinski definition) is 3. The van der Waals surface area contributed by atoms with Crippen LogP contribution in [-0.4, -0.2) is 34.2 Å². The van der Waals surface area contributed by atoms with E-state index in [1.165, 1.54) is 11.8 Å². The van der Waals surface area contributed by atoms with E-state index in [1.807, 2.05) is 6.92 Å². The minimum atomic E-state index is -0.890. The van der Waals surface area contributed by atoms with E-state index in [1.54, 1.807) is 0 Å². The first-order valence-electron chi connectivity index (χ1n) is 4.55. The summed E-state index contributed by atoms with van der Waals surface area (Å²) >= 11 is 4.89. The van der Waals surface area contributed by atoms with Crippen LogP contribution in [0, 0.1) is 5.92 Å². The summed E-state index contributed by atoms with van der Waals surface area (Å²) in [4.78, 5) is 22.0.